The monoisotopic (exact) mass is 397 g/mol. The number of ketones is 1. The molecule has 0 saturated heterocycles. The lowest BCUT2D eigenvalue weighted by Crippen LogP contribution is -1.97. The Morgan fingerprint density at radius 2 is 1.96 bits per heavy atom. The molecule has 0 radical (unpaired) electrons. The molecule has 0 atom stereocenters. The summed E-state index contributed by atoms with van der Waals surface area (Å²) in [5.41, 5.74) is 1.42. The van der Waals surface area contributed by atoms with Crippen molar-refractivity contribution in [3.8, 4) is 11.3 Å². The van der Waals surface area contributed by atoms with Crippen molar-refractivity contribution in [2.45, 2.75) is 31.8 Å². The summed E-state index contributed by atoms with van der Waals surface area (Å²) >= 11 is 0.959. The number of furan rings is 1. The number of Topliss-reactive ketones (excluding diaryl/α,β-unsaturated/α-hetero) is 1. The van der Waals surface area contributed by atoms with Crippen molar-refractivity contribution < 1.29 is 19.1 Å². The number of H-pyrrole nitrogens is 1. The van der Waals surface area contributed by atoms with Crippen LogP contribution in [0.4, 0.5) is 0 Å². The number of hydrogen-bond donors (Lipinski definition) is 2. The van der Waals surface area contributed by atoms with Gasteiger partial charge in [-0.25, -0.2) is 9.78 Å². The summed E-state index contributed by atoms with van der Waals surface area (Å²) in [6.07, 6.45) is 3.11. The largest absolute Gasteiger partial charge is 0.477 e. The van der Waals surface area contributed by atoms with Gasteiger partial charge in [-0.05, 0) is 37.2 Å². The van der Waals surface area contributed by atoms with E-state index in [1.165, 1.54) is 13.0 Å². The summed E-state index contributed by atoms with van der Waals surface area (Å²) in [6, 6.07) is 10.5. The quantitative estimate of drug-likeness (QED) is 0.328. The third kappa shape index (κ3) is 4.77. The molecule has 28 heavy (non-hydrogen) atoms. The number of rotatable bonds is 8. The fourth-order valence-corrected chi connectivity index (χ4v) is 3.20. The third-order valence-electron chi connectivity index (χ3n) is 3.89. The van der Waals surface area contributed by atoms with Crippen LogP contribution < -0.4 is 0 Å². The standard InChI is InChI=1S/C20H19N3O4S/c1-3-4-18-21-20(23-22-18)28-17(19(25)26)11-15-9-10-16(27-15)14-7-5-13(6-8-14)12(2)24/h5-11H,3-4H2,1-2H3,(H,25,26)(H,21,22,23)/b17-11-. The lowest BCUT2D eigenvalue weighted by Gasteiger charge is -1.99. The Morgan fingerprint density at radius 1 is 1.21 bits per heavy atom. The number of carbonyl (C=O) groups excluding carboxylic acids is 1. The molecule has 144 valence electrons. The number of benzene rings is 1. The predicted molar refractivity (Wildman–Crippen MR) is 106 cm³/mol. The van der Waals surface area contributed by atoms with Crippen molar-refractivity contribution in [3.05, 3.63) is 58.5 Å². The maximum atomic E-state index is 11.6. The molecule has 1 aromatic carbocycles. The minimum absolute atomic E-state index is 0.00758. The maximum Gasteiger partial charge on any atom is 0.342 e. The van der Waals surface area contributed by atoms with Crippen LogP contribution in [0.25, 0.3) is 17.4 Å². The number of carboxylic acids is 1. The van der Waals surface area contributed by atoms with Crippen LogP contribution in [-0.4, -0.2) is 32.0 Å². The van der Waals surface area contributed by atoms with E-state index in [2.05, 4.69) is 15.2 Å². The van der Waals surface area contributed by atoms with Crippen molar-refractivity contribution in [2.24, 2.45) is 0 Å². The van der Waals surface area contributed by atoms with Gasteiger partial charge in [0.05, 0.1) is 0 Å². The van der Waals surface area contributed by atoms with Crippen LogP contribution in [-0.2, 0) is 11.2 Å². The molecule has 0 fully saturated rings. The summed E-state index contributed by atoms with van der Waals surface area (Å²) in [5, 5.41) is 16.7. The summed E-state index contributed by atoms with van der Waals surface area (Å²) in [4.78, 5) is 27.3. The highest BCUT2D eigenvalue weighted by Gasteiger charge is 2.15. The molecule has 0 aliphatic rings. The van der Waals surface area contributed by atoms with Crippen LogP contribution >= 0.6 is 11.8 Å². The zero-order chi connectivity index (χ0) is 20.1. The normalized spacial score (nSPS) is 11.6. The van der Waals surface area contributed by atoms with E-state index >= 15 is 0 Å². The van der Waals surface area contributed by atoms with E-state index < -0.39 is 5.97 Å². The second-order valence-electron chi connectivity index (χ2n) is 6.07. The van der Waals surface area contributed by atoms with Crippen LogP contribution in [0, 0.1) is 0 Å². The van der Waals surface area contributed by atoms with Gasteiger partial charge in [-0.2, -0.15) is 0 Å². The van der Waals surface area contributed by atoms with Crippen molar-refractivity contribution in [1.29, 1.82) is 0 Å². The van der Waals surface area contributed by atoms with E-state index in [0.717, 1.165) is 36.0 Å². The zero-order valence-electron chi connectivity index (χ0n) is 15.4. The Labute approximate surface area is 165 Å². The number of nitrogens with one attached hydrogen (secondary N) is 1. The van der Waals surface area contributed by atoms with Crippen LogP contribution in [0.15, 0.2) is 50.9 Å². The molecule has 3 aromatic rings. The van der Waals surface area contributed by atoms with Gasteiger partial charge in [0, 0.05) is 23.6 Å². The molecule has 0 bridgehead atoms. The van der Waals surface area contributed by atoms with Crippen LogP contribution in [0.5, 0.6) is 0 Å². The average Bonchev–Trinajstić information content (AvgIpc) is 3.31. The molecular formula is C20H19N3O4S. The van der Waals surface area contributed by atoms with Gasteiger partial charge in [0.25, 0.3) is 0 Å². The molecule has 0 aliphatic heterocycles. The number of thioether (sulfide) groups is 1. The molecule has 0 aliphatic carbocycles. The first kappa shape index (κ1) is 19.6. The van der Waals surface area contributed by atoms with E-state index in [4.69, 9.17) is 4.42 Å². The van der Waals surface area contributed by atoms with Gasteiger partial charge < -0.3 is 9.52 Å². The van der Waals surface area contributed by atoms with Crippen LogP contribution in [0.2, 0.25) is 0 Å². The first-order valence-corrected chi connectivity index (χ1v) is 9.53. The van der Waals surface area contributed by atoms with E-state index in [0.29, 0.717) is 22.2 Å². The molecule has 2 aromatic heterocycles. The highest BCUT2D eigenvalue weighted by Crippen LogP contribution is 2.28. The van der Waals surface area contributed by atoms with Gasteiger partial charge in [-0.15, -0.1) is 5.10 Å². The van der Waals surface area contributed by atoms with Crippen LogP contribution in [0.3, 0.4) is 0 Å². The summed E-state index contributed by atoms with van der Waals surface area (Å²) in [6.45, 7) is 3.54. The first-order chi connectivity index (χ1) is 13.5. The number of hydrogen-bond acceptors (Lipinski definition) is 6. The Morgan fingerprint density at radius 3 is 2.61 bits per heavy atom. The smallest absolute Gasteiger partial charge is 0.342 e. The van der Waals surface area contributed by atoms with Crippen LogP contribution in [0.1, 0.15) is 42.2 Å². The second-order valence-corrected chi connectivity index (χ2v) is 7.08. The third-order valence-corrected chi connectivity index (χ3v) is 4.76. The topological polar surface area (TPSA) is 109 Å². The SMILES string of the molecule is CCCc1nc(S/C(=C\c2ccc(-c3ccc(C(C)=O)cc3)o2)C(=O)O)n[nH]1. The molecule has 3 rings (SSSR count). The molecule has 0 spiro atoms. The minimum atomic E-state index is -1.09. The highest BCUT2D eigenvalue weighted by atomic mass is 32.2. The molecular weight excluding hydrogens is 378 g/mol. The molecule has 2 heterocycles. The van der Waals surface area contributed by atoms with E-state index in [1.807, 2.05) is 6.92 Å². The second kappa shape index (κ2) is 8.71. The Bertz CT molecular complexity index is 1020. The molecule has 0 amide bonds. The number of carbonyl (C=O) groups is 2. The fourth-order valence-electron chi connectivity index (χ4n) is 2.49. The molecule has 8 heteroatoms. The molecule has 0 saturated carbocycles. The first-order valence-electron chi connectivity index (χ1n) is 8.71. The number of nitrogens with zero attached hydrogens (tertiary/aromatic N) is 2. The lowest BCUT2D eigenvalue weighted by atomic mass is 10.1. The van der Waals surface area contributed by atoms with Crippen molar-refractivity contribution in [3.63, 3.8) is 0 Å². The molecule has 7 nitrogen and oxygen atoms in total. The average molecular weight is 397 g/mol. The summed E-state index contributed by atoms with van der Waals surface area (Å²) in [7, 11) is 0. The van der Waals surface area contributed by atoms with Gasteiger partial charge >= 0.3 is 5.97 Å². The lowest BCUT2D eigenvalue weighted by molar-refractivity contribution is -0.131. The summed E-state index contributed by atoms with van der Waals surface area (Å²) in [5.74, 6) is 0.616. The number of aryl methyl sites for hydroxylation is 1. The van der Waals surface area contributed by atoms with E-state index in [1.54, 1.807) is 36.4 Å². The number of aromatic nitrogens is 3. The van der Waals surface area contributed by atoms with Gasteiger partial charge in [-0.3, -0.25) is 9.89 Å². The molecule has 2 N–H and O–H groups in total. The number of aliphatic carboxylic acids is 1. The Hall–Kier alpha value is -3.13. The Kier molecular flexibility index (Phi) is 6.10. The van der Waals surface area contributed by atoms with E-state index in [-0.39, 0.29) is 10.7 Å². The highest BCUT2D eigenvalue weighted by molar-refractivity contribution is 8.04. The predicted octanol–water partition coefficient (Wildman–Crippen LogP) is 4.44. The number of aromatic amines is 1. The maximum absolute atomic E-state index is 11.6. The fraction of sp³-hybridized carbons (Fsp3) is 0.200. The van der Waals surface area contributed by atoms with Gasteiger partial charge in [-0.1, -0.05) is 31.2 Å². The van der Waals surface area contributed by atoms with Crippen molar-refractivity contribution >= 4 is 29.6 Å². The Balaban J connectivity index is 1.79. The summed E-state index contributed by atoms with van der Waals surface area (Å²) < 4.78 is 5.75. The van der Waals surface area contributed by atoms with Gasteiger partial charge in [0.1, 0.15) is 22.3 Å². The molecule has 0 unspecified atom stereocenters. The number of carboxylic acid groups (broad SMARTS) is 1. The van der Waals surface area contributed by atoms with E-state index in [9.17, 15) is 14.7 Å². The van der Waals surface area contributed by atoms with Crippen molar-refractivity contribution in [1.82, 2.24) is 15.2 Å². The van der Waals surface area contributed by atoms with Gasteiger partial charge in [0.15, 0.2) is 5.78 Å². The minimum Gasteiger partial charge on any atom is -0.477 e. The van der Waals surface area contributed by atoms with Gasteiger partial charge in [0.2, 0.25) is 5.16 Å². The zero-order valence-corrected chi connectivity index (χ0v) is 16.2. The van der Waals surface area contributed by atoms with Crippen molar-refractivity contribution in [2.75, 3.05) is 0 Å².